The van der Waals surface area contributed by atoms with E-state index in [2.05, 4.69) is 6.07 Å². The van der Waals surface area contributed by atoms with Crippen LogP contribution >= 0.6 is 11.3 Å². The van der Waals surface area contributed by atoms with Crippen molar-refractivity contribution < 1.29 is 8.42 Å². The van der Waals surface area contributed by atoms with E-state index in [0.29, 0.717) is 30.4 Å². The quantitative estimate of drug-likeness (QED) is 0.851. The fourth-order valence-electron chi connectivity index (χ4n) is 2.24. The number of aryl methyl sites for hydroxylation is 1. The third-order valence-corrected chi connectivity index (χ3v) is 6.98. The fourth-order valence-corrected chi connectivity index (χ4v) is 5.10. The van der Waals surface area contributed by atoms with Crippen molar-refractivity contribution in [3.05, 3.63) is 17.0 Å². The molecule has 7 heteroatoms. The molecule has 1 aliphatic heterocycles. The van der Waals surface area contributed by atoms with Crippen molar-refractivity contribution >= 4 is 21.4 Å². The van der Waals surface area contributed by atoms with Gasteiger partial charge in [-0.15, -0.1) is 11.3 Å². The van der Waals surface area contributed by atoms with E-state index in [4.69, 9.17) is 5.26 Å². The van der Waals surface area contributed by atoms with E-state index >= 15 is 0 Å². The first-order valence-corrected chi connectivity index (χ1v) is 8.76. The Balaban J connectivity index is 2.10. The maximum absolute atomic E-state index is 12.5. The molecule has 2 rings (SSSR count). The Kier molecular flexibility index (Phi) is 4.21. The van der Waals surface area contributed by atoms with E-state index in [-0.39, 0.29) is 0 Å². The molecule has 0 bridgehead atoms. The Morgan fingerprint density at radius 1 is 1.25 bits per heavy atom. The second kappa shape index (κ2) is 5.45. The Bertz CT molecular complexity index is 620. The molecule has 1 fully saturated rings. The van der Waals surface area contributed by atoms with Gasteiger partial charge in [-0.2, -0.15) is 9.57 Å². The average molecular weight is 313 g/mol. The van der Waals surface area contributed by atoms with Gasteiger partial charge in [-0.1, -0.05) is 0 Å². The molecule has 1 aliphatic rings. The Labute approximate surface area is 124 Å². The lowest BCUT2D eigenvalue weighted by molar-refractivity contribution is 0.115. The van der Waals surface area contributed by atoms with Crippen molar-refractivity contribution in [3.63, 3.8) is 0 Å². The molecule has 20 heavy (non-hydrogen) atoms. The molecule has 0 saturated carbocycles. The van der Waals surface area contributed by atoms with Crippen LogP contribution in [0.2, 0.25) is 0 Å². The van der Waals surface area contributed by atoms with E-state index in [9.17, 15) is 8.42 Å². The van der Waals surface area contributed by atoms with Gasteiger partial charge in [-0.25, -0.2) is 8.42 Å². The second-order valence-electron chi connectivity index (χ2n) is 5.43. The van der Waals surface area contributed by atoms with E-state index in [1.807, 2.05) is 31.7 Å². The number of rotatable bonds is 3. The standard InChI is InChI=1S/C13H19N3O2S2/c1-11-4-5-12(19-11)20(17,18)16-8-6-15(7-9-16)13(2,3)10-14/h4-5H,6-9H2,1-3H3. The van der Waals surface area contributed by atoms with Crippen LogP contribution in [0.5, 0.6) is 0 Å². The molecule has 1 aromatic rings. The van der Waals surface area contributed by atoms with Crippen LogP contribution in [-0.4, -0.2) is 49.3 Å². The van der Waals surface area contributed by atoms with Gasteiger partial charge in [-0.3, -0.25) is 4.90 Å². The number of nitriles is 1. The van der Waals surface area contributed by atoms with E-state index in [1.54, 1.807) is 6.07 Å². The molecule has 0 aromatic carbocycles. The molecule has 0 atom stereocenters. The van der Waals surface area contributed by atoms with Crippen molar-refractivity contribution in [2.75, 3.05) is 26.2 Å². The van der Waals surface area contributed by atoms with E-state index in [1.165, 1.54) is 15.6 Å². The molecule has 5 nitrogen and oxygen atoms in total. The van der Waals surface area contributed by atoms with Crippen LogP contribution in [0.15, 0.2) is 16.3 Å². The normalized spacial score (nSPS) is 18.9. The average Bonchev–Trinajstić information content (AvgIpc) is 2.86. The minimum Gasteiger partial charge on any atom is -0.283 e. The van der Waals surface area contributed by atoms with Crippen molar-refractivity contribution in [1.82, 2.24) is 9.21 Å². The second-order valence-corrected chi connectivity index (χ2v) is 8.88. The number of hydrogen-bond donors (Lipinski definition) is 0. The summed E-state index contributed by atoms with van der Waals surface area (Å²) in [6.07, 6.45) is 0. The highest BCUT2D eigenvalue weighted by Crippen LogP contribution is 2.26. The van der Waals surface area contributed by atoms with Gasteiger partial charge in [-0.05, 0) is 32.9 Å². The third-order valence-electron chi connectivity index (χ3n) is 3.61. The Morgan fingerprint density at radius 3 is 2.30 bits per heavy atom. The van der Waals surface area contributed by atoms with E-state index < -0.39 is 15.6 Å². The topological polar surface area (TPSA) is 64.4 Å². The zero-order valence-corrected chi connectivity index (χ0v) is 13.6. The monoisotopic (exact) mass is 313 g/mol. The lowest BCUT2D eigenvalue weighted by Gasteiger charge is -2.39. The van der Waals surface area contributed by atoms with Gasteiger partial charge in [0.2, 0.25) is 0 Å². The van der Waals surface area contributed by atoms with Gasteiger partial charge < -0.3 is 0 Å². The van der Waals surface area contributed by atoms with Gasteiger partial charge in [0, 0.05) is 31.1 Å². The number of hydrogen-bond acceptors (Lipinski definition) is 5. The summed E-state index contributed by atoms with van der Waals surface area (Å²) in [5.41, 5.74) is -0.546. The van der Waals surface area contributed by atoms with Gasteiger partial charge in [0.15, 0.2) is 0 Å². The zero-order chi connectivity index (χ0) is 15.0. The molecule has 2 heterocycles. The first kappa shape index (κ1) is 15.4. The van der Waals surface area contributed by atoms with Crippen LogP contribution in [0.4, 0.5) is 0 Å². The zero-order valence-electron chi connectivity index (χ0n) is 12.0. The molecule has 1 aromatic heterocycles. The number of piperazine rings is 1. The maximum Gasteiger partial charge on any atom is 0.252 e. The Hall–Kier alpha value is -0.940. The van der Waals surface area contributed by atoms with Crippen molar-refractivity contribution in [3.8, 4) is 6.07 Å². The predicted molar refractivity (Wildman–Crippen MR) is 79.1 cm³/mol. The van der Waals surface area contributed by atoms with Crippen LogP contribution in [-0.2, 0) is 10.0 Å². The fraction of sp³-hybridized carbons (Fsp3) is 0.615. The smallest absolute Gasteiger partial charge is 0.252 e. The summed E-state index contributed by atoms with van der Waals surface area (Å²) in [5, 5.41) is 9.13. The van der Waals surface area contributed by atoms with Crippen molar-refractivity contribution in [2.45, 2.75) is 30.5 Å². The predicted octanol–water partition coefficient (Wildman–Crippen LogP) is 1.67. The summed E-state index contributed by atoms with van der Waals surface area (Å²) >= 11 is 1.30. The Morgan fingerprint density at radius 2 is 1.85 bits per heavy atom. The molecule has 0 aliphatic carbocycles. The maximum atomic E-state index is 12.5. The van der Waals surface area contributed by atoms with Crippen LogP contribution < -0.4 is 0 Å². The summed E-state index contributed by atoms with van der Waals surface area (Å²) in [4.78, 5) is 3.02. The first-order chi connectivity index (χ1) is 9.27. The van der Waals surface area contributed by atoms with Crippen molar-refractivity contribution in [1.29, 1.82) is 5.26 Å². The molecule has 0 unspecified atom stereocenters. The summed E-state index contributed by atoms with van der Waals surface area (Å²) in [7, 11) is -3.37. The number of thiophene rings is 1. The van der Waals surface area contributed by atoms with Crippen LogP contribution in [0.25, 0.3) is 0 Å². The summed E-state index contributed by atoms with van der Waals surface area (Å²) in [6.45, 7) is 7.67. The van der Waals surface area contributed by atoms with E-state index in [0.717, 1.165) is 4.88 Å². The van der Waals surface area contributed by atoms with Gasteiger partial charge >= 0.3 is 0 Å². The molecule has 1 saturated heterocycles. The van der Waals surface area contributed by atoms with Gasteiger partial charge in [0.05, 0.1) is 6.07 Å². The molecule has 0 N–H and O–H groups in total. The minimum atomic E-state index is -3.37. The molecular formula is C13H19N3O2S2. The van der Waals surface area contributed by atoms with Gasteiger partial charge in [0.25, 0.3) is 10.0 Å². The van der Waals surface area contributed by atoms with Crippen LogP contribution in [0.1, 0.15) is 18.7 Å². The summed E-state index contributed by atoms with van der Waals surface area (Å²) in [6, 6.07) is 5.75. The van der Waals surface area contributed by atoms with Crippen LogP contribution in [0.3, 0.4) is 0 Å². The number of nitrogens with zero attached hydrogens (tertiary/aromatic N) is 3. The molecular weight excluding hydrogens is 294 g/mol. The number of sulfonamides is 1. The minimum absolute atomic E-state index is 0.406. The molecule has 0 spiro atoms. The molecule has 0 amide bonds. The third kappa shape index (κ3) is 2.88. The molecule has 0 radical (unpaired) electrons. The van der Waals surface area contributed by atoms with Crippen molar-refractivity contribution in [2.24, 2.45) is 0 Å². The van der Waals surface area contributed by atoms with Gasteiger partial charge in [0.1, 0.15) is 9.75 Å². The highest BCUT2D eigenvalue weighted by molar-refractivity contribution is 7.91. The first-order valence-electron chi connectivity index (χ1n) is 6.50. The summed E-state index contributed by atoms with van der Waals surface area (Å²) in [5.74, 6) is 0. The lowest BCUT2D eigenvalue weighted by atomic mass is 10.0. The highest BCUT2D eigenvalue weighted by Gasteiger charge is 2.34. The highest BCUT2D eigenvalue weighted by atomic mass is 32.2. The SMILES string of the molecule is Cc1ccc(S(=O)(=O)N2CCN(C(C)(C)C#N)CC2)s1. The summed E-state index contributed by atoms with van der Waals surface area (Å²) < 4.78 is 26.9. The lowest BCUT2D eigenvalue weighted by Crippen LogP contribution is -2.55. The molecule has 110 valence electrons. The van der Waals surface area contributed by atoms with Crippen LogP contribution in [0, 0.1) is 18.3 Å². The largest absolute Gasteiger partial charge is 0.283 e.